The van der Waals surface area contributed by atoms with E-state index < -0.39 is 11.9 Å². The van der Waals surface area contributed by atoms with Crippen molar-refractivity contribution in [3.8, 4) is 5.75 Å². The normalized spacial score (nSPS) is 12.4. The Kier molecular flexibility index (Phi) is 6.29. The summed E-state index contributed by atoms with van der Waals surface area (Å²) in [6, 6.07) is 5.84. The minimum absolute atomic E-state index is 0.294. The van der Waals surface area contributed by atoms with Gasteiger partial charge in [-0.2, -0.15) is 0 Å². The van der Waals surface area contributed by atoms with E-state index in [1.165, 1.54) is 12.1 Å². The second-order valence-electron chi connectivity index (χ2n) is 4.43. The maximum Gasteiger partial charge on any atom is 0.307 e. The van der Waals surface area contributed by atoms with Gasteiger partial charge in [-0.05, 0) is 30.8 Å². The number of carboxylic acid groups (broad SMARTS) is 1. The molecule has 1 rings (SSSR count). The monoisotopic (exact) mass is 269 g/mol. The number of rotatable bonds is 8. The van der Waals surface area contributed by atoms with E-state index in [-0.39, 0.29) is 5.82 Å². The number of halogens is 1. The molecule has 0 aliphatic heterocycles. The number of nitrogens with zero attached hydrogens (tertiary/aromatic N) is 1. The quantitative estimate of drug-likeness (QED) is 0.786. The van der Waals surface area contributed by atoms with Gasteiger partial charge in [0.15, 0.2) is 0 Å². The van der Waals surface area contributed by atoms with Crippen molar-refractivity contribution in [2.24, 2.45) is 5.92 Å². The molecule has 1 unspecified atom stereocenters. The van der Waals surface area contributed by atoms with Crippen LogP contribution in [0.2, 0.25) is 0 Å². The lowest BCUT2D eigenvalue weighted by molar-refractivity contribution is -0.141. The summed E-state index contributed by atoms with van der Waals surface area (Å²) >= 11 is 0. The highest BCUT2D eigenvalue weighted by Gasteiger charge is 2.14. The van der Waals surface area contributed by atoms with E-state index in [0.717, 1.165) is 6.54 Å². The number of carbonyl (C=O) groups is 1. The van der Waals surface area contributed by atoms with E-state index in [4.69, 9.17) is 9.84 Å². The Morgan fingerprint density at radius 1 is 1.42 bits per heavy atom. The second-order valence-corrected chi connectivity index (χ2v) is 4.43. The topological polar surface area (TPSA) is 49.8 Å². The van der Waals surface area contributed by atoms with Gasteiger partial charge in [0.25, 0.3) is 0 Å². The number of aliphatic carboxylic acids is 1. The molecule has 5 heteroatoms. The number of hydrogen-bond donors (Lipinski definition) is 1. The van der Waals surface area contributed by atoms with Gasteiger partial charge in [0.1, 0.15) is 18.2 Å². The first kappa shape index (κ1) is 15.4. The zero-order valence-corrected chi connectivity index (χ0v) is 11.3. The van der Waals surface area contributed by atoms with E-state index in [2.05, 4.69) is 0 Å². The van der Waals surface area contributed by atoms with Crippen LogP contribution in [0.4, 0.5) is 4.39 Å². The first-order valence-corrected chi connectivity index (χ1v) is 6.36. The third kappa shape index (κ3) is 5.70. The average Bonchev–Trinajstić information content (AvgIpc) is 2.39. The Balaban J connectivity index is 2.33. The first-order chi connectivity index (χ1) is 9.02. The van der Waals surface area contributed by atoms with Crippen molar-refractivity contribution >= 4 is 5.97 Å². The Bertz CT molecular complexity index is 394. The van der Waals surface area contributed by atoms with E-state index in [1.807, 2.05) is 11.8 Å². The average molecular weight is 269 g/mol. The molecule has 106 valence electrons. The second kappa shape index (κ2) is 7.74. The van der Waals surface area contributed by atoms with Crippen molar-refractivity contribution in [3.63, 3.8) is 0 Å². The minimum Gasteiger partial charge on any atom is -0.492 e. The predicted octanol–water partition coefficient (Wildman–Crippen LogP) is 2.25. The molecule has 1 aromatic rings. The molecule has 0 aliphatic rings. The highest BCUT2D eigenvalue weighted by atomic mass is 19.1. The summed E-state index contributed by atoms with van der Waals surface area (Å²) in [6.45, 7) is 6.03. The first-order valence-electron chi connectivity index (χ1n) is 6.36. The lowest BCUT2D eigenvalue weighted by atomic mass is 10.2. The van der Waals surface area contributed by atoms with Crippen LogP contribution < -0.4 is 4.74 Å². The van der Waals surface area contributed by atoms with E-state index >= 15 is 0 Å². The SMILES string of the molecule is CCN(CCOc1ccc(F)cc1)CC(C)C(=O)O. The summed E-state index contributed by atoms with van der Waals surface area (Å²) in [5.74, 6) is -0.870. The van der Waals surface area contributed by atoms with Gasteiger partial charge in [-0.3, -0.25) is 9.69 Å². The molecule has 0 heterocycles. The van der Waals surface area contributed by atoms with Crippen LogP contribution in [0, 0.1) is 11.7 Å². The number of carboxylic acids is 1. The van der Waals surface area contributed by atoms with Crippen LogP contribution in [-0.2, 0) is 4.79 Å². The van der Waals surface area contributed by atoms with E-state index in [0.29, 0.717) is 25.4 Å². The van der Waals surface area contributed by atoms with Crippen LogP contribution in [0.1, 0.15) is 13.8 Å². The fraction of sp³-hybridized carbons (Fsp3) is 0.500. The highest BCUT2D eigenvalue weighted by Crippen LogP contribution is 2.11. The van der Waals surface area contributed by atoms with Gasteiger partial charge in [-0.25, -0.2) is 4.39 Å². The van der Waals surface area contributed by atoms with Crippen molar-refractivity contribution in [1.82, 2.24) is 4.90 Å². The molecule has 1 N–H and O–H groups in total. The number of hydrogen-bond acceptors (Lipinski definition) is 3. The zero-order valence-electron chi connectivity index (χ0n) is 11.3. The molecule has 0 fully saturated rings. The highest BCUT2D eigenvalue weighted by molar-refractivity contribution is 5.69. The van der Waals surface area contributed by atoms with Crippen LogP contribution in [0.5, 0.6) is 5.75 Å². The molecule has 0 aliphatic carbocycles. The van der Waals surface area contributed by atoms with Gasteiger partial charge in [0.2, 0.25) is 0 Å². The van der Waals surface area contributed by atoms with Crippen molar-refractivity contribution < 1.29 is 19.0 Å². The number of benzene rings is 1. The van der Waals surface area contributed by atoms with Crippen LogP contribution >= 0.6 is 0 Å². The Morgan fingerprint density at radius 3 is 2.58 bits per heavy atom. The molecule has 0 saturated carbocycles. The molecule has 0 spiro atoms. The maximum atomic E-state index is 12.7. The molecule has 19 heavy (non-hydrogen) atoms. The van der Waals surface area contributed by atoms with Crippen molar-refractivity contribution in [2.75, 3.05) is 26.2 Å². The molecular weight excluding hydrogens is 249 g/mol. The lowest BCUT2D eigenvalue weighted by Gasteiger charge is -2.22. The van der Waals surface area contributed by atoms with E-state index in [9.17, 15) is 9.18 Å². The molecule has 0 radical (unpaired) electrons. The molecule has 0 amide bonds. The minimum atomic E-state index is -0.794. The van der Waals surface area contributed by atoms with Gasteiger partial charge in [0.05, 0.1) is 5.92 Å². The third-order valence-corrected chi connectivity index (χ3v) is 2.89. The Morgan fingerprint density at radius 2 is 2.05 bits per heavy atom. The smallest absolute Gasteiger partial charge is 0.307 e. The summed E-state index contributed by atoms with van der Waals surface area (Å²) in [6.07, 6.45) is 0. The predicted molar refractivity (Wildman–Crippen MR) is 70.8 cm³/mol. The molecule has 1 atom stereocenters. The van der Waals surface area contributed by atoms with Crippen molar-refractivity contribution in [3.05, 3.63) is 30.1 Å². The van der Waals surface area contributed by atoms with Crippen molar-refractivity contribution in [2.45, 2.75) is 13.8 Å². The fourth-order valence-corrected chi connectivity index (χ4v) is 1.67. The Hall–Kier alpha value is -1.62. The molecule has 1 aromatic carbocycles. The van der Waals surface area contributed by atoms with Gasteiger partial charge in [0, 0.05) is 13.1 Å². The van der Waals surface area contributed by atoms with Gasteiger partial charge >= 0.3 is 5.97 Å². The van der Waals surface area contributed by atoms with Gasteiger partial charge < -0.3 is 9.84 Å². The van der Waals surface area contributed by atoms with Crippen molar-refractivity contribution in [1.29, 1.82) is 0 Å². The van der Waals surface area contributed by atoms with Crippen LogP contribution in [0.3, 0.4) is 0 Å². The summed E-state index contributed by atoms with van der Waals surface area (Å²) in [4.78, 5) is 12.8. The number of likely N-dealkylation sites (N-methyl/N-ethyl adjacent to an activating group) is 1. The third-order valence-electron chi connectivity index (χ3n) is 2.89. The summed E-state index contributed by atoms with van der Waals surface area (Å²) < 4.78 is 18.2. The zero-order chi connectivity index (χ0) is 14.3. The van der Waals surface area contributed by atoms with Gasteiger partial charge in [-0.15, -0.1) is 0 Å². The molecule has 0 saturated heterocycles. The Labute approximate surface area is 112 Å². The molecule has 0 bridgehead atoms. The standard InChI is InChI=1S/C14H20FNO3/c1-3-16(10-11(2)14(17)18)8-9-19-13-6-4-12(15)5-7-13/h4-7,11H,3,8-10H2,1-2H3,(H,17,18). The maximum absolute atomic E-state index is 12.7. The number of ether oxygens (including phenoxy) is 1. The van der Waals surface area contributed by atoms with Crippen LogP contribution in [-0.4, -0.2) is 42.2 Å². The van der Waals surface area contributed by atoms with Crippen LogP contribution in [0.15, 0.2) is 24.3 Å². The summed E-state index contributed by atoms with van der Waals surface area (Å²) in [5.41, 5.74) is 0. The molecular formula is C14H20FNO3. The fourth-order valence-electron chi connectivity index (χ4n) is 1.67. The molecule has 4 nitrogen and oxygen atoms in total. The molecule has 0 aromatic heterocycles. The largest absolute Gasteiger partial charge is 0.492 e. The summed E-state index contributed by atoms with van der Waals surface area (Å²) in [7, 11) is 0. The van der Waals surface area contributed by atoms with Crippen LogP contribution in [0.25, 0.3) is 0 Å². The van der Waals surface area contributed by atoms with E-state index in [1.54, 1.807) is 19.1 Å². The summed E-state index contributed by atoms with van der Waals surface area (Å²) in [5, 5.41) is 8.86. The van der Waals surface area contributed by atoms with Gasteiger partial charge in [-0.1, -0.05) is 13.8 Å². The lowest BCUT2D eigenvalue weighted by Crippen LogP contribution is -2.34.